The number of nitrogens with one attached hydrogen (secondary N) is 1. The maximum absolute atomic E-state index is 13.5. The molecule has 1 atom stereocenters. The van der Waals surface area contributed by atoms with E-state index in [0.717, 1.165) is 11.1 Å². The van der Waals surface area contributed by atoms with E-state index in [2.05, 4.69) is 10.4 Å². The van der Waals surface area contributed by atoms with Crippen molar-refractivity contribution < 1.29 is 14.3 Å². The van der Waals surface area contributed by atoms with Crippen molar-refractivity contribution in [2.45, 2.75) is 38.8 Å². The van der Waals surface area contributed by atoms with Crippen LogP contribution in [-0.2, 0) is 9.53 Å². The molecule has 182 valence electrons. The lowest BCUT2D eigenvalue weighted by molar-refractivity contribution is -0.133. The first-order valence-electron chi connectivity index (χ1n) is 11.0. The number of methoxy groups -OCH3 is 1. The van der Waals surface area contributed by atoms with E-state index < -0.39 is 5.54 Å². The van der Waals surface area contributed by atoms with Crippen LogP contribution in [0.2, 0.25) is 10.0 Å². The number of halogens is 2. The topological polar surface area (TPSA) is 74.2 Å². The maximum atomic E-state index is 13.5. The zero-order valence-electron chi connectivity index (χ0n) is 19.8. The average molecular weight is 505 g/mol. The second-order valence-corrected chi connectivity index (χ2v) is 9.97. The van der Waals surface area contributed by atoms with Gasteiger partial charge in [0.05, 0.1) is 18.4 Å². The number of hydrogen-bond donors (Lipinski definition) is 1. The third-order valence-electron chi connectivity index (χ3n) is 5.27. The van der Waals surface area contributed by atoms with Crippen LogP contribution in [0, 0.1) is 0 Å². The number of urea groups is 1. The first-order chi connectivity index (χ1) is 16.1. The van der Waals surface area contributed by atoms with E-state index in [1.54, 1.807) is 25.3 Å². The molecule has 3 amide bonds. The number of hydrazone groups is 1. The predicted octanol–water partition coefficient (Wildman–Crippen LogP) is 5.13. The molecule has 0 unspecified atom stereocenters. The molecule has 2 aromatic rings. The highest BCUT2D eigenvalue weighted by Crippen LogP contribution is 2.35. The number of carbonyl (C=O) groups excluding carboxylic acids is 2. The van der Waals surface area contributed by atoms with Gasteiger partial charge in [0, 0.05) is 41.2 Å². The summed E-state index contributed by atoms with van der Waals surface area (Å²) in [6, 6.07) is 14.1. The lowest BCUT2D eigenvalue weighted by Crippen LogP contribution is -2.52. The van der Waals surface area contributed by atoms with E-state index in [-0.39, 0.29) is 31.1 Å². The molecule has 0 aromatic heterocycles. The monoisotopic (exact) mass is 504 g/mol. The van der Waals surface area contributed by atoms with Crippen LogP contribution >= 0.6 is 23.2 Å². The highest BCUT2D eigenvalue weighted by molar-refractivity contribution is 6.34. The van der Waals surface area contributed by atoms with Gasteiger partial charge in [-0.25, -0.2) is 9.80 Å². The smallest absolute Gasteiger partial charge is 0.318 e. The van der Waals surface area contributed by atoms with E-state index in [0.29, 0.717) is 28.8 Å². The van der Waals surface area contributed by atoms with Gasteiger partial charge in [-0.3, -0.25) is 4.79 Å². The summed E-state index contributed by atoms with van der Waals surface area (Å²) in [6.45, 7) is 6.09. The van der Waals surface area contributed by atoms with Crippen molar-refractivity contribution in [2.75, 3.05) is 26.8 Å². The number of rotatable bonds is 7. The van der Waals surface area contributed by atoms with Crippen molar-refractivity contribution >= 4 is 40.9 Å². The van der Waals surface area contributed by atoms with Gasteiger partial charge in [0.1, 0.15) is 6.54 Å². The standard InChI is InChI=1S/C25H30Cl2N4O3/c1-25(2,3)28-24(33)30(13-14-34-4)16-23(32)31-22(17-9-11-18(26)12-10-17)15-21(29-31)19-7-5-6-8-20(19)27/h5-12,22H,13-16H2,1-4H3,(H,28,33)/t22-/m0/s1. The van der Waals surface area contributed by atoms with Crippen LogP contribution in [0.5, 0.6) is 0 Å². The van der Waals surface area contributed by atoms with Crippen LogP contribution in [0.1, 0.15) is 44.4 Å². The van der Waals surface area contributed by atoms with Gasteiger partial charge in [-0.05, 0) is 44.5 Å². The number of ether oxygens (including phenoxy) is 1. The van der Waals surface area contributed by atoms with Gasteiger partial charge >= 0.3 is 6.03 Å². The Kier molecular flexibility index (Phi) is 8.57. The molecule has 3 rings (SSSR count). The van der Waals surface area contributed by atoms with E-state index in [1.807, 2.05) is 51.1 Å². The summed E-state index contributed by atoms with van der Waals surface area (Å²) in [7, 11) is 1.55. The fourth-order valence-electron chi connectivity index (χ4n) is 3.63. The van der Waals surface area contributed by atoms with Crippen molar-refractivity contribution in [3.05, 3.63) is 69.7 Å². The molecule has 0 saturated heterocycles. The lowest BCUT2D eigenvalue weighted by atomic mass is 9.98. The van der Waals surface area contributed by atoms with Gasteiger partial charge < -0.3 is 15.0 Å². The van der Waals surface area contributed by atoms with Crippen LogP contribution in [0.15, 0.2) is 53.6 Å². The molecule has 0 spiro atoms. The van der Waals surface area contributed by atoms with Gasteiger partial charge in [-0.15, -0.1) is 0 Å². The molecule has 0 fully saturated rings. The number of carbonyl (C=O) groups is 2. The van der Waals surface area contributed by atoms with Crippen molar-refractivity contribution in [1.82, 2.24) is 15.2 Å². The normalized spacial score (nSPS) is 15.8. The van der Waals surface area contributed by atoms with Crippen LogP contribution in [0.4, 0.5) is 4.79 Å². The molecule has 2 aromatic carbocycles. The van der Waals surface area contributed by atoms with Gasteiger partial charge in [0.15, 0.2) is 0 Å². The highest BCUT2D eigenvalue weighted by atomic mass is 35.5. The molecule has 0 radical (unpaired) electrons. The third kappa shape index (κ3) is 6.72. The zero-order valence-corrected chi connectivity index (χ0v) is 21.4. The van der Waals surface area contributed by atoms with E-state index in [1.165, 1.54) is 9.91 Å². The predicted molar refractivity (Wildman–Crippen MR) is 135 cm³/mol. The van der Waals surface area contributed by atoms with Gasteiger partial charge in [0.2, 0.25) is 0 Å². The Bertz CT molecular complexity index is 1050. The fourth-order valence-corrected chi connectivity index (χ4v) is 4.00. The minimum atomic E-state index is -0.444. The SMILES string of the molecule is COCCN(CC(=O)N1N=C(c2ccccc2Cl)C[C@H]1c1ccc(Cl)cc1)C(=O)NC(C)(C)C. The average Bonchev–Trinajstić information content (AvgIpc) is 3.21. The van der Waals surface area contributed by atoms with Gasteiger partial charge in [0.25, 0.3) is 5.91 Å². The Morgan fingerprint density at radius 2 is 1.82 bits per heavy atom. The lowest BCUT2D eigenvalue weighted by Gasteiger charge is -2.30. The summed E-state index contributed by atoms with van der Waals surface area (Å²) in [5.74, 6) is -0.304. The second-order valence-electron chi connectivity index (χ2n) is 9.13. The summed E-state index contributed by atoms with van der Waals surface area (Å²) >= 11 is 12.5. The van der Waals surface area contributed by atoms with E-state index >= 15 is 0 Å². The zero-order chi connectivity index (χ0) is 24.9. The van der Waals surface area contributed by atoms with Crippen molar-refractivity contribution in [2.24, 2.45) is 5.10 Å². The molecule has 1 aliphatic heterocycles. The maximum Gasteiger partial charge on any atom is 0.318 e. The molecule has 1 N–H and O–H groups in total. The van der Waals surface area contributed by atoms with Crippen molar-refractivity contribution in [3.8, 4) is 0 Å². The summed E-state index contributed by atoms with van der Waals surface area (Å²) < 4.78 is 5.15. The molecule has 0 bridgehead atoms. The summed E-state index contributed by atoms with van der Waals surface area (Å²) in [5, 5.41) is 10.2. The van der Waals surface area contributed by atoms with Crippen molar-refractivity contribution in [1.29, 1.82) is 0 Å². The summed E-state index contributed by atoms with van der Waals surface area (Å²) in [5.41, 5.74) is 1.94. The number of benzene rings is 2. The van der Waals surface area contributed by atoms with E-state index in [4.69, 9.17) is 27.9 Å². The summed E-state index contributed by atoms with van der Waals surface area (Å²) in [6.07, 6.45) is 0.489. The molecule has 0 aliphatic carbocycles. The molecule has 0 saturated carbocycles. The number of amides is 3. The van der Waals surface area contributed by atoms with Crippen LogP contribution in [0.25, 0.3) is 0 Å². The third-order valence-corrected chi connectivity index (χ3v) is 5.85. The molecule has 9 heteroatoms. The Morgan fingerprint density at radius 1 is 1.15 bits per heavy atom. The van der Waals surface area contributed by atoms with Gasteiger partial charge in [-0.2, -0.15) is 5.10 Å². The molecule has 34 heavy (non-hydrogen) atoms. The Morgan fingerprint density at radius 3 is 2.44 bits per heavy atom. The molecular formula is C25H30Cl2N4O3. The fraction of sp³-hybridized carbons (Fsp3) is 0.400. The molecular weight excluding hydrogens is 475 g/mol. The minimum absolute atomic E-state index is 0.144. The Labute approximate surface area is 210 Å². The Balaban J connectivity index is 1.90. The van der Waals surface area contributed by atoms with Gasteiger partial charge in [-0.1, -0.05) is 53.5 Å². The van der Waals surface area contributed by atoms with Crippen LogP contribution in [0.3, 0.4) is 0 Å². The quantitative estimate of drug-likeness (QED) is 0.567. The highest BCUT2D eigenvalue weighted by Gasteiger charge is 2.35. The van der Waals surface area contributed by atoms with E-state index in [9.17, 15) is 9.59 Å². The molecule has 7 nitrogen and oxygen atoms in total. The van der Waals surface area contributed by atoms with Crippen LogP contribution in [-0.4, -0.2) is 59.9 Å². The second kappa shape index (κ2) is 11.2. The van der Waals surface area contributed by atoms with Crippen LogP contribution < -0.4 is 5.32 Å². The molecule has 1 heterocycles. The summed E-state index contributed by atoms with van der Waals surface area (Å²) in [4.78, 5) is 27.8. The minimum Gasteiger partial charge on any atom is -0.383 e. The van der Waals surface area contributed by atoms with Crippen molar-refractivity contribution in [3.63, 3.8) is 0 Å². The first-order valence-corrected chi connectivity index (χ1v) is 11.8. The molecule has 1 aliphatic rings. The largest absolute Gasteiger partial charge is 0.383 e. The Hall–Kier alpha value is -2.61. The number of nitrogens with zero attached hydrogens (tertiary/aromatic N) is 3. The number of hydrogen-bond acceptors (Lipinski definition) is 4. The first kappa shape index (κ1) is 26.0.